The molecule has 0 spiro atoms. The molecular weight excluding hydrogens is 264 g/mol. The second-order valence-electron chi connectivity index (χ2n) is 5.39. The second kappa shape index (κ2) is 4.69. The normalized spacial score (nSPS) is 30.7. The van der Waals surface area contributed by atoms with Crippen molar-refractivity contribution < 1.29 is 9.53 Å². The van der Waals surface area contributed by atoms with Crippen molar-refractivity contribution in [1.82, 2.24) is 5.32 Å². The SMILES string of the molecule is CC1(C2CCNC2)COC(=O)N1c1ccccc1Cl. The van der Waals surface area contributed by atoms with Crippen LogP contribution in [-0.4, -0.2) is 31.3 Å². The number of carbonyl (C=O) groups excluding carboxylic acids is 1. The summed E-state index contributed by atoms with van der Waals surface area (Å²) in [6.45, 7) is 4.40. The summed E-state index contributed by atoms with van der Waals surface area (Å²) < 4.78 is 5.30. The van der Waals surface area contributed by atoms with Crippen LogP contribution in [-0.2, 0) is 4.74 Å². The van der Waals surface area contributed by atoms with Gasteiger partial charge in [0, 0.05) is 6.54 Å². The summed E-state index contributed by atoms with van der Waals surface area (Å²) in [5, 5.41) is 3.93. The van der Waals surface area contributed by atoms with Crippen LogP contribution in [0.2, 0.25) is 5.02 Å². The number of hydrogen-bond acceptors (Lipinski definition) is 3. The van der Waals surface area contributed by atoms with Crippen LogP contribution in [0.4, 0.5) is 10.5 Å². The maximum atomic E-state index is 12.1. The lowest BCUT2D eigenvalue weighted by Crippen LogP contribution is -2.51. The Morgan fingerprint density at radius 3 is 2.95 bits per heavy atom. The van der Waals surface area contributed by atoms with Crippen LogP contribution in [0, 0.1) is 5.92 Å². The molecule has 0 aromatic heterocycles. The van der Waals surface area contributed by atoms with Gasteiger partial charge in [-0.25, -0.2) is 4.79 Å². The number of amides is 1. The van der Waals surface area contributed by atoms with Gasteiger partial charge in [-0.1, -0.05) is 23.7 Å². The summed E-state index contributed by atoms with van der Waals surface area (Å²) in [6, 6.07) is 7.42. The van der Waals surface area contributed by atoms with Crippen molar-refractivity contribution in [2.45, 2.75) is 18.9 Å². The lowest BCUT2D eigenvalue weighted by atomic mass is 9.84. The van der Waals surface area contributed by atoms with E-state index in [-0.39, 0.29) is 11.6 Å². The first-order chi connectivity index (χ1) is 9.13. The molecule has 2 fully saturated rings. The molecule has 3 rings (SSSR count). The molecule has 2 aliphatic heterocycles. The number of nitrogens with zero attached hydrogens (tertiary/aromatic N) is 1. The van der Waals surface area contributed by atoms with Crippen molar-refractivity contribution in [2.75, 3.05) is 24.6 Å². The molecular formula is C14H17ClN2O2. The number of anilines is 1. The summed E-state index contributed by atoms with van der Waals surface area (Å²) in [4.78, 5) is 13.9. The third kappa shape index (κ3) is 1.99. The van der Waals surface area contributed by atoms with Crippen molar-refractivity contribution in [2.24, 2.45) is 5.92 Å². The number of benzene rings is 1. The van der Waals surface area contributed by atoms with E-state index in [0.717, 1.165) is 25.2 Å². The van der Waals surface area contributed by atoms with E-state index in [1.54, 1.807) is 11.0 Å². The number of rotatable bonds is 2. The minimum atomic E-state index is -0.328. The lowest BCUT2D eigenvalue weighted by Gasteiger charge is -2.37. The molecule has 2 atom stereocenters. The average Bonchev–Trinajstić information content (AvgIpc) is 3.01. The number of carbonyl (C=O) groups is 1. The van der Waals surface area contributed by atoms with Gasteiger partial charge in [0.2, 0.25) is 0 Å². The zero-order chi connectivity index (χ0) is 13.5. The minimum absolute atomic E-state index is 0.303. The Bertz CT molecular complexity index is 502. The Morgan fingerprint density at radius 1 is 1.47 bits per heavy atom. The average molecular weight is 281 g/mol. The van der Waals surface area contributed by atoms with Gasteiger partial charge in [0.05, 0.1) is 16.2 Å². The van der Waals surface area contributed by atoms with Crippen molar-refractivity contribution in [3.05, 3.63) is 29.3 Å². The van der Waals surface area contributed by atoms with Crippen LogP contribution in [0.1, 0.15) is 13.3 Å². The Hall–Kier alpha value is -1.26. The van der Waals surface area contributed by atoms with Crippen LogP contribution in [0.15, 0.2) is 24.3 Å². The Labute approximate surface area is 117 Å². The summed E-state index contributed by atoms with van der Waals surface area (Å²) in [5.74, 6) is 0.384. The first-order valence-corrected chi connectivity index (χ1v) is 6.93. The highest BCUT2D eigenvalue weighted by Crippen LogP contribution is 2.40. The van der Waals surface area contributed by atoms with Gasteiger partial charge >= 0.3 is 6.09 Å². The van der Waals surface area contributed by atoms with E-state index in [4.69, 9.17) is 16.3 Å². The molecule has 1 N–H and O–H groups in total. The lowest BCUT2D eigenvalue weighted by molar-refractivity contribution is 0.166. The standard InChI is InChI=1S/C14H17ClN2O2/c1-14(10-6-7-16-8-10)9-19-13(18)17(14)12-5-3-2-4-11(12)15/h2-5,10,16H,6-9H2,1H3. The van der Waals surface area contributed by atoms with E-state index in [1.165, 1.54) is 0 Å². The zero-order valence-corrected chi connectivity index (χ0v) is 11.6. The molecule has 1 aromatic rings. The molecule has 0 bridgehead atoms. The van der Waals surface area contributed by atoms with Crippen LogP contribution in [0.5, 0.6) is 0 Å². The van der Waals surface area contributed by atoms with E-state index in [0.29, 0.717) is 17.5 Å². The van der Waals surface area contributed by atoms with Gasteiger partial charge in [0.15, 0.2) is 0 Å². The van der Waals surface area contributed by atoms with Crippen LogP contribution in [0.25, 0.3) is 0 Å². The molecule has 2 aliphatic rings. The highest BCUT2D eigenvalue weighted by atomic mass is 35.5. The fourth-order valence-corrected chi connectivity index (χ4v) is 3.26. The van der Waals surface area contributed by atoms with Crippen LogP contribution < -0.4 is 10.2 Å². The van der Waals surface area contributed by atoms with Crippen molar-refractivity contribution in [1.29, 1.82) is 0 Å². The molecule has 4 nitrogen and oxygen atoms in total. The number of cyclic esters (lactones) is 1. The van der Waals surface area contributed by atoms with Gasteiger partial charge in [-0.05, 0) is 37.9 Å². The van der Waals surface area contributed by atoms with Gasteiger partial charge in [0.1, 0.15) is 6.61 Å². The topological polar surface area (TPSA) is 41.6 Å². The highest BCUT2D eigenvalue weighted by molar-refractivity contribution is 6.33. The van der Waals surface area contributed by atoms with E-state index in [1.807, 2.05) is 18.2 Å². The third-order valence-electron chi connectivity index (χ3n) is 4.21. The molecule has 2 heterocycles. The zero-order valence-electron chi connectivity index (χ0n) is 10.9. The maximum Gasteiger partial charge on any atom is 0.415 e. The summed E-state index contributed by atoms with van der Waals surface area (Å²) in [7, 11) is 0. The molecule has 19 heavy (non-hydrogen) atoms. The summed E-state index contributed by atoms with van der Waals surface area (Å²) in [5.41, 5.74) is 0.409. The van der Waals surface area contributed by atoms with Crippen molar-refractivity contribution in [3.8, 4) is 0 Å². The van der Waals surface area contributed by atoms with Crippen LogP contribution in [0.3, 0.4) is 0 Å². The molecule has 102 valence electrons. The molecule has 0 saturated carbocycles. The van der Waals surface area contributed by atoms with E-state index in [2.05, 4.69) is 12.2 Å². The second-order valence-corrected chi connectivity index (χ2v) is 5.80. The largest absolute Gasteiger partial charge is 0.447 e. The fourth-order valence-electron chi connectivity index (χ4n) is 3.04. The van der Waals surface area contributed by atoms with E-state index in [9.17, 15) is 4.79 Å². The molecule has 0 aliphatic carbocycles. The third-order valence-corrected chi connectivity index (χ3v) is 4.53. The molecule has 2 saturated heterocycles. The number of para-hydroxylation sites is 1. The van der Waals surface area contributed by atoms with Gasteiger partial charge in [-0.2, -0.15) is 0 Å². The Kier molecular flexibility index (Phi) is 3.15. The van der Waals surface area contributed by atoms with E-state index < -0.39 is 0 Å². The summed E-state index contributed by atoms with van der Waals surface area (Å²) in [6.07, 6.45) is 0.746. The highest BCUT2D eigenvalue weighted by Gasteiger charge is 2.50. The number of hydrogen-bond donors (Lipinski definition) is 1. The predicted molar refractivity (Wildman–Crippen MR) is 74.7 cm³/mol. The molecule has 5 heteroatoms. The molecule has 2 unspecified atom stereocenters. The summed E-state index contributed by atoms with van der Waals surface area (Å²) >= 11 is 6.24. The van der Waals surface area contributed by atoms with Gasteiger partial charge < -0.3 is 10.1 Å². The van der Waals surface area contributed by atoms with Crippen LogP contribution >= 0.6 is 11.6 Å². The number of nitrogens with one attached hydrogen (secondary N) is 1. The first-order valence-electron chi connectivity index (χ1n) is 6.55. The van der Waals surface area contributed by atoms with Crippen molar-refractivity contribution >= 4 is 23.4 Å². The quantitative estimate of drug-likeness (QED) is 0.906. The Morgan fingerprint density at radius 2 is 2.26 bits per heavy atom. The maximum absolute atomic E-state index is 12.1. The number of ether oxygens (including phenoxy) is 1. The molecule has 1 amide bonds. The first kappa shape index (κ1) is 12.8. The smallest absolute Gasteiger partial charge is 0.415 e. The predicted octanol–water partition coefficient (Wildman–Crippen LogP) is 2.66. The van der Waals surface area contributed by atoms with Gasteiger partial charge in [0.25, 0.3) is 0 Å². The van der Waals surface area contributed by atoms with E-state index >= 15 is 0 Å². The molecule has 0 radical (unpaired) electrons. The fraction of sp³-hybridized carbons (Fsp3) is 0.500. The monoisotopic (exact) mass is 280 g/mol. The Balaban J connectivity index is 2.01. The van der Waals surface area contributed by atoms with Gasteiger partial charge in [-0.3, -0.25) is 4.90 Å². The van der Waals surface area contributed by atoms with Crippen molar-refractivity contribution in [3.63, 3.8) is 0 Å². The van der Waals surface area contributed by atoms with Gasteiger partial charge in [-0.15, -0.1) is 0 Å². The molecule has 1 aromatic carbocycles. The minimum Gasteiger partial charge on any atom is -0.447 e. The number of halogens is 1.